The van der Waals surface area contributed by atoms with Gasteiger partial charge in [0.1, 0.15) is 11.7 Å². The Bertz CT molecular complexity index is 428. The van der Waals surface area contributed by atoms with Crippen LogP contribution >= 0.6 is 0 Å². The van der Waals surface area contributed by atoms with Gasteiger partial charge in [-0.25, -0.2) is 0 Å². The molecule has 0 aromatic heterocycles. The Balaban J connectivity index is 4.10. The van der Waals surface area contributed by atoms with Crippen molar-refractivity contribution in [1.82, 2.24) is 0 Å². The Hall–Kier alpha value is -1.38. The SMILES string of the molecule is COC(=O)C(CCC(C)CC/C=C(\C)CCC=C(C)C)C(C)=O. The van der Waals surface area contributed by atoms with Gasteiger partial charge in [0.25, 0.3) is 0 Å². The number of rotatable bonds is 11. The van der Waals surface area contributed by atoms with Crippen LogP contribution in [0.4, 0.5) is 0 Å². The molecule has 0 aliphatic heterocycles. The zero-order chi connectivity index (χ0) is 17.8. The number of methoxy groups -OCH3 is 1. The molecule has 0 spiro atoms. The summed E-state index contributed by atoms with van der Waals surface area (Å²) in [7, 11) is 1.34. The summed E-state index contributed by atoms with van der Waals surface area (Å²) in [6, 6.07) is 0. The summed E-state index contributed by atoms with van der Waals surface area (Å²) in [5, 5.41) is 0. The topological polar surface area (TPSA) is 43.4 Å². The van der Waals surface area contributed by atoms with Crippen LogP contribution in [0.3, 0.4) is 0 Å². The van der Waals surface area contributed by atoms with E-state index in [1.54, 1.807) is 0 Å². The van der Waals surface area contributed by atoms with Crippen molar-refractivity contribution in [3.8, 4) is 0 Å². The maximum atomic E-state index is 11.6. The molecule has 0 rings (SSSR count). The summed E-state index contributed by atoms with van der Waals surface area (Å²) in [5.74, 6) is -0.592. The Labute approximate surface area is 142 Å². The minimum absolute atomic E-state index is 0.0981. The van der Waals surface area contributed by atoms with Gasteiger partial charge in [0.05, 0.1) is 7.11 Å². The normalized spacial score (nSPS) is 14.1. The average Bonchev–Trinajstić information content (AvgIpc) is 2.46. The van der Waals surface area contributed by atoms with E-state index in [0.717, 1.165) is 32.1 Å². The van der Waals surface area contributed by atoms with Crippen LogP contribution in [0.15, 0.2) is 23.3 Å². The summed E-state index contributed by atoms with van der Waals surface area (Å²) >= 11 is 0. The van der Waals surface area contributed by atoms with Gasteiger partial charge >= 0.3 is 5.97 Å². The highest BCUT2D eigenvalue weighted by atomic mass is 16.5. The Morgan fingerprint density at radius 3 is 2.13 bits per heavy atom. The van der Waals surface area contributed by atoms with Gasteiger partial charge in [0.15, 0.2) is 0 Å². The van der Waals surface area contributed by atoms with Crippen molar-refractivity contribution in [3.05, 3.63) is 23.3 Å². The van der Waals surface area contributed by atoms with Crippen LogP contribution in [0.2, 0.25) is 0 Å². The molecule has 23 heavy (non-hydrogen) atoms. The first-order valence-electron chi connectivity index (χ1n) is 8.65. The quantitative estimate of drug-likeness (QED) is 0.296. The fourth-order valence-electron chi connectivity index (χ4n) is 2.53. The lowest BCUT2D eigenvalue weighted by atomic mass is 9.91. The van der Waals surface area contributed by atoms with E-state index in [2.05, 4.69) is 39.8 Å². The first-order valence-corrected chi connectivity index (χ1v) is 8.65. The van der Waals surface area contributed by atoms with Crippen molar-refractivity contribution >= 4 is 11.8 Å². The number of hydrogen-bond donors (Lipinski definition) is 0. The molecule has 0 aliphatic rings. The molecule has 0 fully saturated rings. The lowest BCUT2D eigenvalue weighted by molar-refractivity contribution is -0.149. The van der Waals surface area contributed by atoms with E-state index >= 15 is 0 Å². The third kappa shape index (κ3) is 10.9. The van der Waals surface area contributed by atoms with Gasteiger partial charge in [-0.3, -0.25) is 9.59 Å². The second kappa shape index (κ2) is 12.1. The van der Waals surface area contributed by atoms with Crippen molar-refractivity contribution in [3.63, 3.8) is 0 Å². The monoisotopic (exact) mass is 322 g/mol. The smallest absolute Gasteiger partial charge is 0.316 e. The number of hydrogen-bond acceptors (Lipinski definition) is 3. The molecule has 132 valence electrons. The Kier molecular flexibility index (Phi) is 11.4. The molecule has 2 unspecified atom stereocenters. The molecule has 0 amide bonds. The van der Waals surface area contributed by atoms with Crippen molar-refractivity contribution in [1.29, 1.82) is 0 Å². The van der Waals surface area contributed by atoms with E-state index < -0.39 is 11.9 Å². The summed E-state index contributed by atoms with van der Waals surface area (Å²) in [5.41, 5.74) is 2.81. The lowest BCUT2D eigenvalue weighted by Crippen LogP contribution is -2.23. The number of ketones is 1. The molecule has 3 heteroatoms. The van der Waals surface area contributed by atoms with Crippen molar-refractivity contribution in [2.45, 2.75) is 73.1 Å². The minimum Gasteiger partial charge on any atom is -0.468 e. The highest BCUT2D eigenvalue weighted by Gasteiger charge is 2.24. The van der Waals surface area contributed by atoms with Crippen LogP contribution in [-0.2, 0) is 14.3 Å². The van der Waals surface area contributed by atoms with Gasteiger partial charge in [0.2, 0.25) is 0 Å². The molecule has 2 atom stereocenters. The third-order valence-corrected chi connectivity index (χ3v) is 4.17. The van der Waals surface area contributed by atoms with Crippen LogP contribution in [0.1, 0.15) is 73.1 Å². The van der Waals surface area contributed by atoms with Gasteiger partial charge in [0, 0.05) is 0 Å². The molecule has 0 saturated heterocycles. The van der Waals surface area contributed by atoms with Gasteiger partial charge in [-0.1, -0.05) is 30.2 Å². The van der Waals surface area contributed by atoms with Gasteiger partial charge < -0.3 is 4.74 Å². The number of Topliss-reactive ketones (excluding diaryl/α,β-unsaturated/α-hetero) is 1. The molecule has 0 aromatic rings. The molecular weight excluding hydrogens is 288 g/mol. The van der Waals surface area contributed by atoms with E-state index in [4.69, 9.17) is 4.74 Å². The summed E-state index contributed by atoms with van der Waals surface area (Å²) in [6.45, 7) is 10.1. The second-order valence-corrected chi connectivity index (χ2v) is 6.82. The zero-order valence-corrected chi connectivity index (χ0v) is 15.8. The zero-order valence-electron chi connectivity index (χ0n) is 15.8. The number of ether oxygens (including phenoxy) is 1. The number of carbonyl (C=O) groups is 2. The van der Waals surface area contributed by atoms with E-state index in [1.165, 1.54) is 25.2 Å². The van der Waals surface area contributed by atoms with Crippen molar-refractivity contribution in [2.24, 2.45) is 11.8 Å². The molecule has 0 saturated carbocycles. The predicted octanol–water partition coefficient (Wildman–Crippen LogP) is 5.25. The van der Waals surface area contributed by atoms with Gasteiger partial charge in [-0.2, -0.15) is 0 Å². The van der Waals surface area contributed by atoms with E-state index in [9.17, 15) is 9.59 Å². The number of carbonyl (C=O) groups excluding carboxylic acids is 2. The maximum absolute atomic E-state index is 11.6. The molecule has 0 aromatic carbocycles. The number of esters is 1. The molecular formula is C20H34O3. The summed E-state index contributed by atoms with van der Waals surface area (Å²) < 4.78 is 4.70. The molecule has 0 radical (unpaired) electrons. The molecule has 3 nitrogen and oxygen atoms in total. The lowest BCUT2D eigenvalue weighted by Gasteiger charge is -2.15. The fourth-order valence-corrected chi connectivity index (χ4v) is 2.53. The second-order valence-electron chi connectivity index (χ2n) is 6.82. The maximum Gasteiger partial charge on any atom is 0.316 e. The highest BCUT2D eigenvalue weighted by molar-refractivity contribution is 5.97. The van der Waals surface area contributed by atoms with Crippen LogP contribution in [0.5, 0.6) is 0 Å². The fraction of sp³-hybridized carbons (Fsp3) is 0.700. The van der Waals surface area contributed by atoms with Crippen LogP contribution < -0.4 is 0 Å². The van der Waals surface area contributed by atoms with Crippen LogP contribution in [0, 0.1) is 11.8 Å². The molecule has 0 aliphatic carbocycles. The van der Waals surface area contributed by atoms with Crippen molar-refractivity contribution < 1.29 is 14.3 Å². The average molecular weight is 322 g/mol. The molecule has 0 bridgehead atoms. The third-order valence-electron chi connectivity index (χ3n) is 4.17. The highest BCUT2D eigenvalue weighted by Crippen LogP contribution is 2.19. The Morgan fingerprint density at radius 1 is 0.957 bits per heavy atom. The Morgan fingerprint density at radius 2 is 1.61 bits per heavy atom. The van der Waals surface area contributed by atoms with Crippen molar-refractivity contribution in [2.75, 3.05) is 7.11 Å². The first-order chi connectivity index (χ1) is 10.8. The summed E-state index contributed by atoms with van der Waals surface area (Å²) in [6.07, 6.45) is 10.4. The number of allylic oxidation sites excluding steroid dienone is 4. The van der Waals surface area contributed by atoms with E-state index in [-0.39, 0.29) is 5.78 Å². The molecule has 0 heterocycles. The predicted molar refractivity (Wildman–Crippen MR) is 96.2 cm³/mol. The van der Waals surface area contributed by atoms with Gasteiger partial charge in [-0.15, -0.1) is 0 Å². The van der Waals surface area contributed by atoms with Crippen LogP contribution in [0.25, 0.3) is 0 Å². The van der Waals surface area contributed by atoms with Crippen LogP contribution in [-0.4, -0.2) is 18.9 Å². The largest absolute Gasteiger partial charge is 0.468 e. The summed E-state index contributed by atoms with van der Waals surface area (Å²) in [4.78, 5) is 23.1. The van der Waals surface area contributed by atoms with Gasteiger partial charge in [-0.05, 0) is 72.1 Å². The standard InChI is InChI=1S/C20H34O3/c1-15(2)9-7-10-16(3)11-8-12-17(4)13-14-19(18(5)21)20(22)23-6/h9,11,17,19H,7-8,10,12-14H2,1-6H3/b16-11+. The first kappa shape index (κ1) is 21.6. The van der Waals surface area contributed by atoms with E-state index in [1.807, 2.05) is 0 Å². The minimum atomic E-state index is -0.594. The van der Waals surface area contributed by atoms with E-state index in [0.29, 0.717) is 12.3 Å². The molecule has 0 N–H and O–H groups in total.